The van der Waals surface area contributed by atoms with E-state index in [1.165, 1.54) is 4.90 Å². The molecular weight excluding hydrogens is 421 g/mol. The largest absolute Gasteiger partial charge is 0.429 e. The monoisotopic (exact) mass is 445 g/mol. The average Bonchev–Trinajstić information content (AvgIpc) is 3.41. The zero-order chi connectivity index (χ0) is 22.2. The Morgan fingerprint density at radius 1 is 1.10 bits per heavy atom. The lowest BCUT2D eigenvalue weighted by Crippen LogP contribution is -2.60. The van der Waals surface area contributed by atoms with Crippen LogP contribution in [0.25, 0.3) is 0 Å². The van der Waals surface area contributed by atoms with E-state index in [4.69, 9.17) is 4.84 Å². The number of benzene rings is 1. The molecule has 0 radical (unpaired) electrons. The summed E-state index contributed by atoms with van der Waals surface area (Å²) in [5.74, 6) is -1.66. The summed E-state index contributed by atoms with van der Waals surface area (Å²) in [6.07, 6.45) is -2.99. The fraction of sp³-hybridized carbons (Fsp3) is 0.571. The number of likely N-dealkylation sites (tertiary alicyclic amines) is 1. The van der Waals surface area contributed by atoms with E-state index < -0.39 is 48.6 Å². The van der Waals surface area contributed by atoms with Crippen LogP contribution < -0.4 is 0 Å². The Bertz CT molecular complexity index is 832. The first-order chi connectivity index (χ1) is 14.8. The lowest BCUT2D eigenvalue weighted by Gasteiger charge is -2.45. The number of alkyl halides is 2. The van der Waals surface area contributed by atoms with Gasteiger partial charge in [-0.2, -0.15) is 13.2 Å². The van der Waals surface area contributed by atoms with Crippen molar-refractivity contribution in [2.45, 2.75) is 49.5 Å². The van der Waals surface area contributed by atoms with Gasteiger partial charge in [0, 0.05) is 19.0 Å². The molecule has 170 valence electrons. The summed E-state index contributed by atoms with van der Waals surface area (Å²) in [4.78, 5) is 20.4. The second kappa shape index (κ2) is 8.64. The first-order valence-corrected chi connectivity index (χ1v) is 10.3. The quantitative estimate of drug-likeness (QED) is 0.503. The van der Waals surface area contributed by atoms with Gasteiger partial charge >= 0.3 is 12.2 Å². The molecule has 1 amide bonds. The first kappa shape index (κ1) is 21.9. The molecule has 3 fully saturated rings. The highest BCUT2D eigenvalue weighted by Gasteiger charge is 2.56. The third-order valence-corrected chi connectivity index (χ3v) is 6.33. The Morgan fingerprint density at radius 2 is 1.81 bits per heavy atom. The van der Waals surface area contributed by atoms with Crippen molar-refractivity contribution in [2.75, 3.05) is 26.3 Å². The highest BCUT2D eigenvalue weighted by Crippen LogP contribution is 2.48. The average molecular weight is 445 g/mol. The topological polar surface area (TPSA) is 36.0 Å². The highest BCUT2D eigenvalue weighted by atomic mass is 19.3. The van der Waals surface area contributed by atoms with Crippen molar-refractivity contribution < 1.29 is 31.6 Å². The molecule has 1 aromatic carbocycles. The molecule has 10 heteroatoms. The number of hydrogen-bond acceptors (Lipinski definition) is 4. The molecule has 1 saturated carbocycles. The lowest BCUT2D eigenvalue weighted by atomic mass is 10.0. The van der Waals surface area contributed by atoms with Gasteiger partial charge in [-0.1, -0.05) is 30.3 Å². The highest BCUT2D eigenvalue weighted by molar-refractivity contribution is 5.68. The number of nitrogens with zero attached hydrogens (tertiary/aromatic N) is 3. The van der Waals surface area contributed by atoms with Gasteiger partial charge in [-0.15, -0.1) is 5.06 Å². The number of amides is 1. The molecule has 0 aromatic heterocycles. The van der Waals surface area contributed by atoms with Crippen LogP contribution in [0.4, 0.5) is 26.7 Å². The molecule has 1 aromatic rings. The maximum absolute atomic E-state index is 14.1. The van der Waals surface area contributed by atoms with Crippen LogP contribution >= 0.6 is 0 Å². The van der Waals surface area contributed by atoms with Crippen LogP contribution in [-0.2, 0) is 11.3 Å². The Morgan fingerprint density at radius 3 is 2.42 bits per heavy atom. The fourth-order valence-electron chi connectivity index (χ4n) is 4.51. The summed E-state index contributed by atoms with van der Waals surface area (Å²) in [7, 11) is 0. The van der Waals surface area contributed by atoms with Crippen molar-refractivity contribution in [1.82, 2.24) is 14.9 Å². The summed E-state index contributed by atoms with van der Waals surface area (Å²) >= 11 is 0. The van der Waals surface area contributed by atoms with Crippen molar-refractivity contribution in [3.8, 4) is 0 Å². The summed E-state index contributed by atoms with van der Waals surface area (Å²) in [5.41, 5.74) is -0.00150. The van der Waals surface area contributed by atoms with E-state index in [0.717, 1.165) is 15.5 Å². The van der Waals surface area contributed by atoms with Crippen LogP contribution in [0, 0.1) is 0 Å². The van der Waals surface area contributed by atoms with E-state index in [1.54, 1.807) is 0 Å². The van der Waals surface area contributed by atoms with Crippen molar-refractivity contribution in [3.63, 3.8) is 0 Å². The molecule has 2 heterocycles. The second-order valence-electron chi connectivity index (χ2n) is 8.46. The van der Waals surface area contributed by atoms with Crippen LogP contribution in [0.2, 0.25) is 0 Å². The van der Waals surface area contributed by atoms with Crippen molar-refractivity contribution in [2.24, 2.45) is 0 Å². The minimum absolute atomic E-state index is 0.0930. The number of halogens is 5. The Labute approximate surface area is 177 Å². The van der Waals surface area contributed by atoms with Gasteiger partial charge in [0.15, 0.2) is 0 Å². The Balaban J connectivity index is 1.45. The maximum atomic E-state index is 14.1. The van der Waals surface area contributed by atoms with E-state index in [2.05, 4.69) is 0 Å². The standard InChI is InChI=1S/C21H24F5N3O2/c22-10-17-12-28(19(26)18(24)25)21(6-7-21)13-29(17)31-20(30)27-11-15(23)9-16(27)8-14-4-2-1-3-5-14/h1-5,15-17H,6-13H2/t15?,16?,17-/m0/s1. The molecule has 0 N–H and O–H groups in total. The number of carbonyl (C=O) groups excluding carboxylic acids is 1. The molecule has 1 spiro atoms. The van der Waals surface area contributed by atoms with Gasteiger partial charge in [-0.3, -0.25) is 0 Å². The van der Waals surface area contributed by atoms with Gasteiger partial charge in [-0.25, -0.2) is 13.6 Å². The van der Waals surface area contributed by atoms with E-state index >= 15 is 0 Å². The minimum atomic E-state index is -2.45. The fourth-order valence-corrected chi connectivity index (χ4v) is 4.51. The van der Waals surface area contributed by atoms with Gasteiger partial charge < -0.3 is 14.6 Å². The molecule has 5 nitrogen and oxygen atoms in total. The number of piperazine rings is 1. The minimum Gasteiger partial charge on any atom is -0.350 e. The molecule has 3 aliphatic rings. The van der Waals surface area contributed by atoms with Gasteiger partial charge in [0.1, 0.15) is 12.8 Å². The van der Waals surface area contributed by atoms with Crippen molar-refractivity contribution >= 4 is 6.09 Å². The van der Waals surface area contributed by atoms with E-state index in [-0.39, 0.29) is 26.1 Å². The van der Waals surface area contributed by atoms with E-state index in [1.807, 2.05) is 30.3 Å². The predicted molar refractivity (Wildman–Crippen MR) is 102 cm³/mol. The Hall–Kier alpha value is -2.36. The molecular formula is C21H24F5N3O2. The van der Waals surface area contributed by atoms with Gasteiger partial charge in [0.2, 0.25) is 0 Å². The molecule has 0 bridgehead atoms. The van der Waals surface area contributed by atoms with Crippen LogP contribution in [0.3, 0.4) is 0 Å². The molecule has 3 atom stereocenters. The Kier molecular flexibility index (Phi) is 6.09. The summed E-state index contributed by atoms with van der Waals surface area (Å²) in [6, 6.07) is 7.83. The third-order valence-electron chi connectivity index (χ3n) is 6.33. The normalized spacial score (nSPS) is 27.5. The van der Waals surface area contributed by atoms with E-state index in [9.17, 15) is 26.7 Å². The molecule has 31 heavy (non-hydrogen) atoms. The zero-order valence-electron chi connectivity index (χ0n) is 16.8. The molecule has 4 rings (SSSR count). The number of rotatable bonds is 5. The summed E-state index contributed by atoms with van der Waals surface area (Å²) in [5, 5.41) is 1.11. The second-order valence-corrected chi connectivity index (χ2v) is 8.46. The van der Waals surface area contributed by atoms with Crippen LogP contribution in [-0.4, -0.2) is 71.1 Å². The number of carbonyl (C=O) groups is 1. The van der Waals surface area contributed by atoms with Crippen LogP contribution in [0.5, 0.6) is 0 Å². The lowest BCUT2D eigenvalue weighted by molar-refractivity contribution is -0.185. The maximum Gasteiger partial charge on any atom is 0.429 e. The van der Waals surface area contributed by atoms with Crippen molar-refractivity contribution in [3.05, 3.63) is 47.9 Å². The van der Waals surface area contributed by atoms with Crippen molar-refractivity contribution in [1.29, 1.82) is 0 Å². The molecule has 2 unspecified atom stereocenters. The zero-order valence-corrected chi connectivity index (χ0v) is 16.8. The summed E-state index contributed by atoms with van der Waals surface area (Å²) in [6.45, 7) is -1.61. The first-order valence-electron chi connectivity index (χ1n) is 10.3. The van der Waals surface area contributed by atoms with Gasteiger partial charge in [0.25, 0.3) is 5.95 Å². The summed E-state index contributed by atoms with van der Waals surface area (Å²) < 4.78 is 67.3. The molecule has 2 aliphatic heterocycles. The predicted octanol–water partition coefficient (Wildman–Crippen LogP) is 4.22. The molecule has 2 saturated heterocycles. The third kappa shape index (κ3) is 4.49. The SMILES string of the molecule is O=C(ON1CC2(CC2)N(C(F)=C(F)F)C[C@@H]1CF)N1CC(F)CC1Cc1ccccc1. The van der Waals surface area contributed by atoms with Gasteiger partial charge in [-0.05, 0) is 24.8 Å². The van der Waals surface area contributed by atoms with Crippen LogP contribution in [0.15, 0.2) is 42.4 Å². The smallest absolute Gasteiger partial charge is 0.350 e. The van der Waals surface area contributed by atoms with E-state index in [0.29, 0.717) is 19.3 Å². The number of hydrogen-bond donors (Lipinski definition) is 0. The number of hydroxylamine groups is 2. The van der Waals surface area contributed by atoms with Crippen LogP contribution in [0.1, 0.15) is 24.8 Å². The van der Waals surface area contributed by atoms with Gasteiger partial charge in [0.05, 0.1) is 24.7 Å². The molecule has 1 aliphatic carbocycles.